The van der Waals surface area contributed by atoms with Gasteiger partial charge < -0.3 is 5.11 Å². The Morgan fingerprint density at radius 2 is 1.97 bits per heavy atom. The Morgan fingerprint density at radius 3 is 2.61 bits per heavy atom. The zero-order valence-corrected chi connectivity index (χ0v) is 20.9. The number of hydrogen-bond acceptors (Lipinski definition) is 3. The first-order valence-corrected chi connectivity index (χ1v) is 12.4. The van der Waals surface area contributed by atoms with E-state index in [2.05, 4.69) is 37.0 Å². The maximum Gasteiger partial charge on any atom is 0.331 e. The molecule has 2 aliphatic rings. The molecule has 0 amide bonds. The van der Waals surface area contributed by atoms with Crippen LogP contribution < -0.4 is 0 Å². The van der Waals surface area contributed by atoms with Crippen molar-refractivity contribution < 1.29 is 14.7 Å². The number of piperidine rings is 1. The zero-order valence-electron chi connectivity index (χ0n) is 20.9. The number of hydrogen-bond donors (Lipinski definition) is 1. The van der Waals surface area contributed by atoms with Crippen molar-refractivity contribution in [3.05, 3.63) is 70.4 Å². The Hall–Kier alpha value is -2.46. The van der Waals surface area contributed by atoms with Gasteiger partial charge in [0, 0.05) is 24.1 Å². The molecule has 0 spiro atoms. The predicted molar refractivity (Wildman–Crippen MR) is 137 cm³/mol. The van der Waals surface area contributed by atoms with Crippen LogP contribution in [0.3, 0.4) is 0 Å². The third-order valence-corrected chi connectivity index (χ3v) is 6.80. The van der Waals surface area contributed by atoms with E-state index in [0.717, 1.165) is 50.9 Å². The van der Waals surface area contributed by atoms with Crippen LogP contribution >= 0.6 is 0 Å². The zero-order chi connectivity index (χ0) is 24.2. The number of nitrogens with zero attached hydrogens (tertiary/aromatic N) is 1. The van der Waals surface area contributed by atoms with Crippen LogP contribution in [-0.2, 0) is 9.59 Å². The molecule has 180 valence electrons. The number of Topliss-reactive ketones (excluding diaryl/α,β-unsaturated/α-hetero) is 1. The highest BCUT2D eigenvalue weighted by Gasteiger charge is 2.20. The van der Waals surface area contributed by atoms with Gasteiger partial charge in [0.1, 0.15) is 0 Å². The van der Waals surface area contributed by atoms with E-state index in [1.165, 1.54) is 29.6 Å². The summed E-state index contributed by atoms with van der Waals surface area (Å²) in [5, 5.41) is 8.94. The lowest BCUT2D eigenvalue weighted by Crippen LogP contribution is -2.34. The number of carbonyl (C=O) groups is 2. The molecular formula is C29H41NO3. The largest absolute Gasteiger partial charge is 0.478 e. The third-order valence-electron chi connectivity index (χ3n) is 6.80. The second kappa shape index (κ2) is 13.9. The SMILES string of the molecule is C\C=C(/C=C\C=C(/C)C(=O)O)CN1CCC(CCCC(=O)C2=CC(CC)=C(C)CC=C2)CC1. The Balaban J connectivity index is 1.74. The van der Waals surface area contributed by atoms with E-state index in [4.69, 9.17) is 5.11 Å². The number of carboxylic acid groups (broad SMARTS) is 1. The highest BCUT2D eigenvalue weighted by Crippen LogP contribution is 2.25. The molecule has 1 saturated heterocycles. The number of ketones is 1. The molecule has 1 aliphatic carbocycles. The van der Waals surface area contributed by atoms with Crippen molar-refractivity contribution in [3.8, 4) is 0 Å². The van der Waals surface area contributed by atoms with Crippen molar-refractivity contribution in [2.75, 3.05) is 19.6 Å². The molecule has 4 heteroatoms. The summed E-state index contributed by atoms with van der Waals surface area (Å²) >= 11 is 0. The second-order valence-corrected chi connectivity index (χ2v) is 9.28. The maximum absolute atomic E-state index is 12.7. The van der Waals surface area contributed by atoms with Crippen molar-refractivity contribution in [3.63, 3.8) is 0 Å². The lowest BCUT2D eigenvalue weighted by Gasteiger charge is -2.32. The molecule has 0 aromatic carbocycles. The fraction of sp³-hybridized carbons (Fsp3) is 0.517. The van der Waals surface area contributed by atoms with E-state index in [9.17, 15) is 9.59 Å². The summed E-state index contributed by atoms with van der Waals surface area (Å²) in [5.41, 5.74) is 5.09. The maximum atomic E-state index is 12.7. The monoisotopic (exact) mass is 451 g/mol. The Morgan fingerprint density at radius 1 is 1.24 bits per heavy atom. The van der Waals surface area contributed by atoms with Crippen molar-refractivity contribution in [2.24, 2.45) is 5.92 Å². The van der Waals surface area contributed by atoms with E-state index in [1.807, 2.05) is 25.2 Å². The van der Waals surface area contributed by atoms with E-state index in [0.29, 0.717) is 17.9 Å². The third kappa shape index (κ3) is 9.13. The normalized spacial score (nSPS) is 19.2. The molecule has 1 heterocycles. The number of likely N-dealkylation sites (tertiary alicyclic amines) is 1. The van der Waals surface area contributed by atoms with Gasteiger partial charge in [-0.15, -0.1) is 0 Å². The van der Waals surface area contributed by atoms with E-state index < -0.39 is 5.97 Å². The topological polar surface area (TPSA) is 57.6 Å². The quantitative estimate of drug-likeness (QED) is 0.285. The van der Waals surface area contributed by atoms with Gasteiger partial charge >= 0.3 is 5.97 Å². The fourth-order valence-electron chi connectivity index (χ4n) is 4.44. The average Bonchev–Trinajstić information content (AvgIpc) is 3.00. The smallest absolute Gasteiger partial charge is 0.331 e. The van der Waals surface area contributed by atoms with Gasteiger partial charge in [0.15, 0.2) is 5.78 Å². The molecule has 1 N–H and O–H groups in total. The molecule has 0 bridgehead atoms. The van der Waals surface area contributed by atoms with Crippen LogP contribution in [0.25, 0.3) is 0 Å². The van der Waals surface area contributed by atoms with Crippen molar-refractivity contribution in [1.82, 2.24) is 4.90 Å². The Labute approximate surface area is 200 Å². The van der Waals surface area contributed by atoms with E-state index in [1.54, 1.807) is 13.0 Å². The van der Waals surface area contributed by atoms with Gasteiger partial charge in [0.25, 0.3) is 0 Å². The van der Waals surface area contributed by atoms with Crippen LogP contribution in [0.5, 0.6) is 0 Å². The van der Waals surface area contributed by atoms with Gasteiger partial charge in [-0.05, 0) is 95.5 Å². The first-order valence-electron chi connectivity index (χ1n) is 12.4. The molecule has 4 nitrogen and oxygen atoms in total. The number of carboxylic acids is 1. The molecule has 1 fully saturated rings. The molecule has 0 aromatic rings. The van der Waals surface area contributed by atoms with Crippen molar-refractivity contribution in [1.29, 1.82) is 0 Å². The van der Waals surface area contributed by atoms with Crippen LogP contribution in [0.4, 0.5) is 0 Å². The molecule has 0 saturated carbocycles. The number of rotatable bonds is 11. The Bertz CT molecular complexity index is 875. The summed E-state index contributed by atoms with van der Waals surface area (Å²) in [7, 11) is 0. The first kappa shape index (κ1) is 26.8. The van der Waals surface area contributed by atoms with Crippen LogP contribution in [0.2, 0.25) is 0 Å². The summed E-state index contributed by atoms with van der Waals surface area (Å²) in [6.07, 6.45) is 20.8. The van der Waals surface area contributed by atoms with Crippen LogP contribution in [0, 0.1) is 5.92 Å². The van der Waals surface area contributed by atoms with E-state index >= 15 is 0 Å². The summed E-state index contributed by atoms with van der Waals surface area (Å²) in [6.45, 7) is 11.0. The van der Waals surface area contributed by atoms with Crippen LogP contribution in [0.15, 0.2) is 70.4 Å². The minimum absolute atomic E-state index is 0.279. The average molecular weight is 452 g/mol. The molecule has 0 radical (unpaired) electrons. The van der Waals surface area contributed by atoms with Crippen molar-refractivity contribution >= 4 is 11.8 Å². The number of carbonyl (C=O) groups excluding carboxylic acids is 1. The summed E-state index contributed by atoms with van der Waals surface area (Å²) in [6, 6.07) is 0. The second-order valence-electron chi connectivity index (χ2n) is 9.28. The molecular weight excluding hydrogens is 410 g/mol. The summed E-state index contributed by atoms with van der Waals surface area (Å²) in [5.74, 6) is 0.0957. The summed E-state index contributed by atoms with van der Waals surface area (Å²) < 4.78 is 0. The first-order chi connectivity index (χ1) is 15.8. The van der Waals surface area contributed by atoms with Gasteiger partial charge in [-0.2, -0.15) is 0 Å². The highest BCUT2D eigenvalue weighted by molar-refractivity contribution is 5.98. The van der Waals surface area contributed by atoms with Crippen molar-refractivity contribution in [2.45, 2.75) is 72.6 Å². The minimum Gasteiger partial charge on any atom is -0.478 e. The number of aliphatic carboxylic acids is 1. The van der Waals surface area contributed by atoms with Gasteiger partial charge in [-0.25, -0.2) is 4.79 Å². The summed E-state index contributed by atoms with van der Waals surface area (Å²) in [4.78, 5) is 26.1. The molecule has 33 heavy (non-hydrogen) atoms. The molecule has 0 unspecified atom stereocenters. The van der Waals surface area contributed by atoms with Gasteiger partial charge in [0.05, 0.1) is 0 Å². The standard InChI is InChI=1S/C29H41NO3/c1-5-24(12-7-11-23(4)29(32)33)21-30-18-16-25(17-19-30)13-9-15-28(31)27-14-8-10-22(3)26(6-2)20-27/h5,7-8,11-12,14,20,25H,6,9-10,13,15-19,21H2,1-4H3,(H,32,33)/b12-7-,23-11+,24-5+. The number of allylic oxidation sites excluding steroid dienone is 9. The molecule has 0 aromatic heterocycles. The molecule has 0 atom stereocenters. The van der Waals surface area contributed by atoms with Crippen LogP contribution in [0.1, 0.15) is 72.6 Å². The van der Waals surface area contributed by atoms with Gasteiger partial charge in [0.2, 0.25) is 0 Å². The van der Waals surface area contributed by atoms with Gasteiger partial charge in [-0.1, -0.05) is 49.0 Å². The lowest BCUT2D eigenvalue weighted by atomic mass is 9.90. The highest BCUT2D eigenvalue weighted by atomic mass is 16.4. The Kier molecular flexibility index (Phi) is 11.3. The van der Waals surface area contributed by atoms with Crippen LogP contribution in [-0.4, -0.2) is 41.4 Å². The predicted octanol–water partition coefficient (Wildman–Crippen LogP) is 6.58. The minimum atomic E-state index is -0.884. The fourth-order valence-corrected chi connectivity index (χ4v) is 4.44. The molecule has 1 aliphatic heterocycles. The van der Waals surface area contributed by atoms with Gasteiger partial charge in [-0.3, -0.25) is 9.69 Å². The molecule has 2 rings (SSSR count). The lowest BCUT2D eigenvalue weighted by molar-refractivity contribution is -0.132. The van der Waals surface area contributed by atoms with E-state index in [-0.39, 0.29) is 5.78 Å².